The summed E-state index contributed by atoms with van der Waals surface area (Å²) in [5.74, 6) is 0. The van der Waals surface area contributed by atoms with E-state index in [9.17, 15) is 4.79 Å². The van der Waals surface area contributed by atoms with Crippen LogP contribution < -0.4 is 0 Å². The van der Waals surface area contributed by atoms with Crippen LogP contribution in [0.5, 0.6) is 0 Å². The second-order valence-electron chi connectivity index (χ2n) is 1.28. The van der Waals surface area contributed by atoms with Crippen LogP contribution in [0.25, 0.3) is 0 Å². The molecular formula is C4H9NaO2. The summed E-state index contributed by atoms with van der Waals surface area (Å²) >= 11 is 0. The summed E-state index contributed by atoms with van der Waals surface area (Å²) in [6.07, 6.45) is 0.0301. The minimum absolute atomic E-state index is 0. The number of ether oxygens (including phenoxy) is 1. The third-order valence-corrected chi connectivity index (χ3v) is 0.328. The molecule has 2 nitrogen and oxygen atoms in total. The fourth-order valence-electron chi connectivity index (χ4n) is 0.111. The van der Waals surface area contributed by atoms with Gasteiger partial charge in [-0.3, -0.25) is 4.79 Å². The van der Waals surface area contributed by atoms with Crippen LogP contribution in [0.4, 0.5) is 0 Å². The monoisotopic (exact) mass is 112 g/mol. The van der Waals surface area contributed by atoms with Crippen molar-refractivity contribution < 1.29 is 9.53 Å². The molecule has 3 heteroatoms. The standard InChI is InChI=1S/C4H8O2.Na.H/c1-4(2)6-3-5;;/h3-4H,1-2H3;;. The quantitative estimate of drug-likeness (QED) is 0.369. The zero-order valence-electron chi connectivity index (χ0n) is 3.97. The van der Waals surface area contributed by atoms with Crippen molar-refractivity contribution in [3.63, 3.8) is 0 Å². The van der Waals surface area contributed by atoms with Crippen molar-refractivity contribution in [2.75, 3.05) is 0 Å². The van der Waals surface area contributed by atoms with E-state index in [4.69, 9.17) is 0 Å². The summed E-state index contributed by atoms with van der Waals surface area (Å²) in [4.78, 5) is 9.39. The van der Waals surface area contributed by atoms with Gasteiger partial charge in [0.25, 0.3) is 6.47 Å². The molecule has 0 aliphatic rings. The summed E-state index contributed by atoms with van der Waals surface area (Å²) in [7, 11) is 0. The Balaban J connectivity index is 0. The molecule has 0 rings (SSSR count). The number of carbonyl (C=O) groups excluding carboxylic acids is 1. The van der Waals surface area contributed by atoms with Crippen LogP contribution in [0.15, 0.2) is 0 Å². The molecule has 0 radical (unpaired) electrons. The first-order valence-electron chi connectivity index (χ1n) is 1.86. The molecule has 7 heavy (non-hydrogen) atoms. The van der Waals surface area contributed by atoms with E-state index in [-0.39, 0.29) is 35.7 Å². The third kappa shape index (κ3) is 10.7. The van der Waals surface area contributed by atoms with Gasteiger partial charge in [0.05, 0.1) is 6.10 Å². The van der Waals surface area contributed by atoms with Gasteiger partial charge in [-0.15, -0.1) is 0 Å². The average molecular weight is 112 g/mol. The second kappa shape index (κ2) is 6.47. The van der Waals surface area contributed by atoms with Gasteiger partial charge < -0.3 is 4.74 Å². The van der Waals surface area contributed by atoms with E-state index in [0.717, 1.165) is 0 Å². The molecular weight excluding hydrogens is 103 g/mol. The van der Waals surface area contributed by atoms with Gasteiger partial charge in [0.2, 0.25) is 0 Å². The first-order chi connectivity index (χ1) is 2.77. The first kappa shape index (κ1) is 10.5. The van der Waals surface area contributed by atoms with Gasteiger partial charge >= 0.3 is 29.6 Å². The summed E-state index contributed by atoms with van der Waals surface area (Å²) in [6.45, 7) is 4.05. The molecule has 0 aromatic carbocycles. The van der Waals surface area contributed by atoms with Gasteiger partial charge in [-0.1, -0.05) is 0 Å². The molecule has 0 N–H and O–H groups in total. The molecule has 0 aromatic rings. The predicted octanol–water partition coefficient (Wildman–Crippen LogP) is -0.0807. The van der Waals surface area contributed by atoms with Gasteiger partial charge in [-0.05, 0) is 13.8 Å². The molecule has 0 fully saturated rings. The summed E-state index contributed by atoms with van der Waals surface area (Å²) in [6, 6.07) is 0. The first-order valence-corrected chi connectivity index (χ1v) is 1.86. The van der Waals surface area contributed by atoms with Gasteiger partial charge in [0.1, 0.15) is 0 Å². The predicted molar refractivity (Wildman–Crippen MR) is 29.4 cm³/mol. The average Bonchev–Trinajstić information content (AvgIpc) is 1.35. The molecule has 0 atom stereocenters. The molecule has 0 aliphatic heterocycles. The molecule has 0 heterocycles. The van der Waals surface area contributed by atoms with Gasteiger partial charge in [0.15, 0.2) is 0 Å². The number of hydrogen-bond acceptors (Lipinski definition) is 2. The third-order valence-electron chi connectivity index (χ3n) is 0.328. The topological polar surface area (TPSA) is 26.3 Å². The van der Waals surface area contributed by atoms with Crippen LogP contribution in [-0.2, 0) is 9.53 Å². The Morgan fingerprint density at radius 1 is 1.57 bits per heavy atom. The molecule has 0 aromatic heterocycles. The van der Waals surface area contributed by atoms with E-state index in [1.165, 1.54) is 0 Å². The summed E-state index contributed by atoms with van der Waals surface area (Å²) < 4.78 is 4.36. The van der Waals surface area contributed by atoms with Crippen molar-refractivity contribution in [2.45, 2.75) is 20.0 Å². The van der Waals surface area contributed by atoms with Crippen molar-refractivity contribution in [3.8, 4) is 0 Å². The zero-order chi connectivity index (χ0) is 4.99. The second-order valence-corrected chi connectivity index (χ2v) is 1.28. The Bertz CT molecular complexity index is 45.0. The minimum atomic E-state index is 0. The zero-order valence-corrected chi connectivity index (χ0v) is 3.97. The van der Waals surface area contributed by atoms with Crippen molar-refractivity contribution in [3.05, 3.63) is 0 Å². The normalized spacial score (nSPS) is 7.29. The van der Waals surface area contributed by atoms with E-state index >= 15 is 0 Å². The van der Waals surface area contributed by atoms with Crippen molar-refractivity contribution in [1.29, 1.82) is 0 Å². The summed E-state index contributed by atoms with van der Waals surface area (Å²) in [5, 5.41) is 0. The van der Waals surface area contributed by atoms with E-state index in [1.807, 2.05) is 0 Å². The van der Waals surface area contributed by atoms with Crippen LogP contribution in [0, 0.1) is 0 Å². The molecule has 0 unspecified atom stereocenters. The van der Waals surface area contributed by atoms with Crippen LogP contribution in [0.1, 0.15) is 13.8 Å². The Hall–Kier alpha value is 0.470. The maximum absolute atomic E-state index is 9.39. The van der Waals surface area contributed by atoms with Crippen LogP contribution in [0.2, 0.25) is 0 Å². The Kier molecular flexibility index (Phi) is 9.66. The van der Waals surface area contributed by atoms with Crippen molar-refractivity contribution >= 4 is 36.0 Å². The van der Waals surface area contributed by atoms with Crippen molar-refractivity contribution in [2.24, 2.45) is 0 Å². The number of carbonyl (C=O) groups is 1. The Labute approximate surface area is 65.5 Å². The summed E-state index contributed by atoms with van der Waals surface area (Å²) in [5.41, 5.74) is 0. The molecule has 38 valence electrons. The molecule has 0 aliphatic carbocycles. The van der Waals surface area contributed by atoms with Gasteiger partial charge in [-0.25, -0.2) is 0 Å². The number of rotatable bonds is 2. The molecule has 0 amide bonds. The van der Waals surface area contributed by atoms with E-state index in [0.29, 0.717) is 6.47 Å². The van der Waals surface area contributed by atoms with Gasteiger partial charge in [-0.2, -0.15) is 0 Å². The molecule has 0 spiro atoms. The molecule has 0 bridgehead atoms. The fourth-order valence-corrected chi connectivity index (χ4v) is 0.111. The maximum atomic E-state index is 9.39. The van der Waals surface area contributed by atoms with Crippen LogP contribution in [-0.4, -0.2) is 42.1 Å². The fraction of sp³-hybridized carbons (Fsp3) is 0.750. The SMILES string of the molecule is CC(C)OC=O.[NaH]. The van der Waals surface area contributed by atoms with E-state index < -0.39 is 0 Å². The van der Waals surface area contributed by atoms with Crippen LogP contribution in [0.3, 0.4) is 0 Å². The van der Waals surface area contributed by atoms with E-state index in [1.54, 1.807) is 13.8 Å². The Morgan fingerprint density at radius 2 is 2.00 bits per heavy atom. The molecule has 0 saturated carbocycles. The van der Waals surface area contributed by atoms with Gasteiger partial charge in [0, 0.05) is 0 Å². The molecule has 0 saturated heterocycles. The van der Waals surface area contributed by atoms with E-state index in [2.05, 4.69) is 4.74 Å². The number of hydrogen-bond donors (Lipinski definition) is 0. The van der Waals surface area contributed by atoms with Crippen molar-refractivity contribution in [1.82, 2.24) is 0 Å². The Morgan fingerprint density at radius 3 is 2.00 bits per heavy atom. The van der Waals surface area contributed by atoms with Crippen LogP contribution >= 0.6 is 0 Å².